The monoisotopic (exact) mass is 309 g/mol. The van der Waals surface area contributed by atoms with Gasteiger partial charge in [0.05, 0.1) is 5.56 Å². The van der Waals surface area contributed by atoms with Gasteiger partial charge in [-0.25, -0.2) is 9.89 Å². The van der Waals surface area contributed by atoms with Crippen molar-refractivity contribution >= 4 is 11.7 Å². The normalized spacial score (nSPS) is 10.5. The van der Waals surface area contributed by atoms with Crippen LogP contribution < -0.4 is 9.58 Å². The SMILES string of the molecule is CN(C)c1ccc(-c2cc[nH][n+]2-c2cc(C(=O)O)ccn2)cc1. The Bertz CT molecular complexity index is 838. The maximum absolute atomic E-state index is 11.1. The van der Waals surface area contributed by atoms with Crippen LogP contribution in [0.25, 0.3) is 17.1 Å². The molecule has 0 unspecified atom stereocenters. The molecular formula is C17H17N4O2+. The molecule has 2 heterocycles. The number of nitrogens with zero attached hydrogens (tertiary/aromatic N) is 3. The second-order valence-electron chi connectivity index (χ2n) is 5.33. The summed E-state index contributed by atoms with van der Waals surface area (Å²) in [6.45, 7) is 0. The van der Waals surface area contributed by atoms with Crippen molar-refractivity contribution in [2.24, 2.45) is 0 Å². The van der Waals surface area contributed by atoms with E-state index in [9.17, 15) is 4.79 Å². The first-order valence-corrected chi connectivity index (χ1v) is 7.13. The molecule has 3 aromatic rings. The Morgan fingerprint density at radius 2 is 1.91 bits per heavy atom. The zero-order chi connectivity index (χ0) is 16.4. The van der Waals surface area contributed by atoms with Crippen LogP contribution in [0.3, 0.4) is 0 Å². The highest BCUT2D eigenvalue weighted by molar-refractivity contribution is 5.87. The molecule has 0 bridgehead atoms. The smallest absolute Gasteiger partial charge is 0.347 e. The molecule has 0 saturated carbocycles. The molecule has 23 heavy (non-hydrogen) atoms. The molecule has 1 aromatic carbocycles. The highest BCUT2D eigenvalue weighted by atomic mass is 16.4. The van der Waals surface area contributed by atoms with Gasteiger partial charge in [0.25, 0.3) is 0 Å². The molecule has 0 amide bonds. The molecule has 3 rings (SSSR count). The summed E-state index contributed by atoms with van der Waals surface area (Å²) in [5.74, 6) is -0.445. The van der Waals surface area contributed by atoms with Gasteiger partial charge in [-0.3, -0.25) is 0 Å². The fourth-order valence-electron chi connectivity index (χ4n) is 2.35. The van der Waals surface area contributed by atoms with Crippen molar-refractivity contribution in [2.75, 3.05) is 19.0 Å². The number of anilines is 1. The third-order valence-electron chi connectivity index (χ3n) is 3.59. The van der Waals surface area contributed by atoms with Gasteiger partial charge in [-0.15, -0.1) is 4.68 Å². The Balaban J connectivity index is 2.02. The van der Waals surface area contributed by atoms with Crippen molar-refractivity contribution in [3.63, 3.8) is 0 Å². The van der Waals surface area contributed by atoms with Crippen LogP contribution in [0.4, 0.5) is 5.69 Å². The maximum Gasteiger partial charge on any atom is 0.347 e. The number of aromatic nitrogens is 3. The van der Waals surface area contributed by atoms with E-state index in [1.165, 1.54) is 18.3 Å². The predicted octanol–water partition coefficient (Wildman–Crippen LogP) is 2.12. The zero-order valence-electron chi connectivity index (χ0n) is 12.9. The first kappa shape index (κ1) is 14.8. The molecule has 6 heteroatoms. The van der Waals surface area contributed by atoms with Crippen LogP contribution >= 0.6 is 0 Å². The van der Waals surface area contributed by atoms with Crippen LogP contribution in [0.15, 0.2) is 54.9 Å². The Morgan fingerprint density at radius 3 is 2.57 bits per heavy atom. The molecule has 0 saturated heterocycles. The minimum atomic E-state index is -0.974. The highest BCUT2D eigenvalue weighted by Crippen LogP contribution is 2.20. The first-order valence-electron chi connectivity index (χ1n) is 7.13. The van der Waals surface area contributed by atoms with Gasteiger partial charge < -0.3 is 10.0 Å². The number of pyridine rings is 1. The molecule has 0 atom stereocenters. The number of carboxylic acid groups (broad SMARTS) is 1. The number of hydrogen-bond donors (Lipinski definition) is 2. The van der Waals surface area contributed by atoms with E-state index in [4.69, 9.17) is 5.11 Å². The number of hydrogen-bond acceptors (Lipinski definition) is 3. The Morgan fingerprint density at radius 1 is 1.17 bits per heavy atom. The van der Waals surface area contributed by atoms with Gasteiger partial charge in [0, 0.05) is 43.7 Å². The zero-order valence-corrected chi connectivity index (χ0v) is 12.9. The minimum absolute atomic E-state index is 0.200. The van der Waals surface area contributed by atoms with E-state index in [1.807, 2.05) is 49.3 Å². The lowest BCUT2D eigenvalue weighted by molar-refractivity contribution is -0.648. The van der Waals surface area contributed by atoms with E-state index in [0.29, 0.717) is 5.82 Å². The summed E-state index contributed by atoms with van der Waals surface area (Å²) in [7, 11) is 3.99. The minimum Gasteiger partial charge on any atom is -0.478 e. The van der Waals surface area contributed by atoms with Crippen molar-refractivity contribution in [3.05, 3.63) is 60.4 Å². The summed E-state index contributed by atoms with van der Waals surface area (Å²) < 4.78 is 1.76. The molecule has 0 radical (unpaired) electrons. The lowest BCUT2D eigenvalue weighted by atomic mass is 10.1. The number of benzene rings is 1. The van der Waals surface area contributed by atoms with Crippen molar-refractivity contribution in [3.8, 4) is 17.1 Å². The largest absolute Gasteiger partial charge is 0.478 e. The lowest BCUT2D eigenvalue weighted by Crippen LogP contribution is -2.35. The average Bonchev–Trinajstić information content (AvgIpc) is 3.04. The lowest BCUT2D eigenvalue weighted by Gasteiger charge is -2.12. The third-order valence-corrected chi connectivity index (χ3v) is 3.59. The molecule has 0 spiro atoms. The Labute approximate surface area is 133 Å². The van der Waals surface area contributed by atoms with Crippen LogP contribution in [-0.4, -0.2) is 35.3 Å². The molecular weight excluding hydrogens is 292 g/mol. The second-order valence-corrected chi connectivity index (χ2v) is 5.33. The van der Waals surface area contributed by atoms with Gasteiger partial charge in [-0.05, 0) is 35.3 Å². The standard InChI is InChI=1S/C17H16N4O2/c1-20(2)14-5-3-12(4-6-14)15-8-10-19-21(15)16-11-13(17(22)23)7-9-18-16/h3-11H,1-2H3,(H,22,23)/p+1. The maximum atomic E-state index is 11.1. The van der Waals surface area contributed by atoms with E-state index in [0.717, 1.165) is 16.9 Å². The molecule has 2 N–H and O–H groups in total. The number of rotatable bonds is 4. The van der Waals surface area contributed by atoms with Crippen molar-refractivity contribution < 1.29 is 14.6 Å². The number of H-pyrrole nitrogens is 1. The molecule has 116 valence electrons. The van der Waals surface area contributed by atoms with Crippen molar-refractivity contribution in [1.82, 2.24) is 10.1 Å². The number of carbonyl (C=O) groups is 1. The molecule has 6 nitrogen and oxygen atoms in total. The van der Waals surface area contributed by atoms with Crippen LogP contribution in [0.1, 0.15) is 10.4 Å². The topological polar surface area (TPSA) is 73.1 Å². The fraction of sp³-hybridized carbons (Fsp3) is 0.118. The first-order chi connectivity index (χ1) is 11.1. The van der Waals surface area contributed by atoms with E-state index in [2.05, 4.69) is 10.1 Å². The summed E-state index contributed by atoms with van der Waals surface area (Å²) in [4.78, 5) is 17.4. The van der Waals surface area contributed by atoms with Crippen LogP contribution in [0.2, 0.25) is 0 Å². The molecule has 0 aliphatic carbocycles. The van der Waals surface area contributed by atoms with Crippen LogP contribution in [0, 0.1) is 0 Å². The summed E-state index contributed by atoms with van der Waals surface area (Å²) >= 11 is 0. The highest BCUT2D eigenvalue weighted by Gasteiger charge is 2.18. The molecule has 0 aliphatic rings. The third kappa shape index (κ3) is 2.91. The van der Waals surface area contributed by atoms with Crippen LogP contribution in [0.5, 0.6) is 0 Å². The van der Waals surface area contributed by atoms with Gasteiger partial charge in [-0.2, -0.15) is 0 Å². The number of nitrogens with one attached hydrogen (secondary N) is 1. The number of carboxylic acids is 1. The van der Waals surface area contributed by atoms with Crippen molar-refractivity contribution in [2.45, 2.75) is 0 Å². The second kappa shape index (κ2) is 5.92. The van der Waals surface area contributed by atoms with Gasteiger partial charge in [0.15, 0.2) is 5.69 Å². The van der Waals surface area contributed by atoms with E-state index >= 15 is 0 Å². The van der Waals surface area contributed by atoms with Crippen LogP contribution in [-0.2, 0) is 0 Å². The van der Waals surface area contributed by atoms with Gasteiger partial charge in [-0.1, -0.05) is 0 Å². The molecule has 0 aliphatic heterocycles. The quantitative estimate of drug-likeness (QED) is 0.724. The summed E-state index contributed by atoms with van der Waals surface area (Å²) in [5, 5.41) is 12.2. The number of aromatic carboxylic acids is 1. The van der Waals surface area contributed by atoms with Gasteiger partial charge >= 0.3 is 11.8 Å². The number of aromatic amines is 1. The van der Waals surface area contributed by atoms with E-state index in [1.54, 1.807) is 10.9 Å². The van der Waals surface area contributed by atoms with Gasteiger partial charge in [0.1, 0.15) is 6.20 Å². The summed E-state index contributed by atoms with van der Waals surface area (Å²) in [6.07, 6.45) is 3.29. The molecule has 0 fully saturated rings. The van der Waals surface area contributed by atoms with E-state index in [-0.39, 0.29) is 5.56 Å². The summed E-state index contributed by atoms with van der Waals surface area (Å²) in [6, 6.07) is 13.1. The Hall–Kier alpha value is -3.15. The van der Waals surface area contributed by atoms with Crippen molar-refractivity contribution in [1.29, 1.82) is 0 Å². The predicted molar refractivity (Wildman–Crippen MR) is 86.8 cm³/mol. The fourth-order valence-corrected chi connectivity index (χ4v) is 2.35. The average molecular weight is 309 g/mol. The summed E-state index contributed by atoms with van der Waals surface area (Å²) in [5.41, 5.74) is 3.23. The van der Waals surface area contributed by atoms with Gasteiger partial charge in [0.2, 0.25) is 0 Å². The van der Waals surface area contributed by atoms with E-state index < -0.39 is 5.97 Å². The molecule has 2 aromatic heterocycles. The Kier molecular flexibility index (Phi) is 3.80.